The van der Waals surface area contributed by atoms with Crippen molar-refractivity contribution in [1.29, 1.82) is 0 Å². The normalized spacial score (nSPS) is 21.6. The summed E-state index contributed by atoms with van der Waals surface area (Å²) in [5.41, 5.74) is 7.57. The van der Waals surface area contributed by atoms with Crippen LogP contribution in [0, 0.1) is 0 Å². The van der Waals surface area contributed by atoms with Crippen LogP contribution in [0.15, 0.2) is 30.5 Å². The summed E-state index contributed by atoms with van der Waals surface area (Å²) in [7, 11) is 0. The Morgan fingerprint density at radius 2 is 1.78 bits per heavy atom. The highest BCUT2D eigenvalue weighted by Crippen LogP contribution is 2.33. The van der Waals surface area contributed by atoms with Gasteiger partial charge in [-0.2, -0.15) is 0 Å². The largest absolute Gasteiger partial charge is 0.465 e. The van der Waals surface area contributed by atoms with Gasteiger partial charge in [-0.05, 0) is 81.8 Å². The molecule has 3 heterocycles. The molecule has 1 aromatic carbocycles. The maximum atomic E-state index is 12.1. The lowest BCUT2D eigenvalue weighted by atomic mass is 9.88. The number of aromatic nitrogens is 2. The fourth-order valence-electron chi connectivity index (χ4n) is 6.10. The minimum Gasteiger partial charge on any atom is -0.465 e. The summed E-state index contributed by atoms with van der Waals surface area (Å²) in [6, 6.07) is 8.71. The molecule has 37 heavy (non-hydrogen) atoms. The number of anilines is 3. The van der Waals surface area contributed by atoms with E-state index in [0.717, 1.165) is 44.2 Å². The van der Waals surface area contributed by atoms with Gasteiger partial charge in [0.1, 0.15) is 0 Å². The van der Waals surface area contributed by atoms with Crippen LogP contribution >= 0.6 is 0 Å². The van der Waals surface area contributed by atoms with E-state index >= 15 is 0 Å². The van der Waals surface area contributed by atoms with Gasteiger partial charge < -0.3 is 26.4 Å². The molecule has 3 fully saturated rings. The molecule has 2 aromatic rings. The minimum atomic E-state index is -1.11. The third kappa shape index (κ3) is 5.86. The zero-order chi connectivity index (χ0) is 25.8. The molecule has 5 N–H and O–H groups in total. The predicted octanol–water partition coefficient (Wildman–Crippen LogP) is 3.68. The molecule has 1 unspecified atom stereocenters. The average Bonchev–Trinajstić information content (AvgIpc) is 3.45. The summed E-state index contributed by atoms with van der Waals surface area (Å²) in [4.78, 5) is 36.7. The van der Waals surface area contributed by atoms with Gasteiger partial charge >= 0.3 is 6.09 Å². The molecule has 10 heteroatoms. The van der Waals surface area contributed by atoms with Crippen molar-refractivity contribution >= 4 is 29.3 Å². The second kappa shape index (κ2) is 11.4. The van der Waals surface area contributed by atoms with Crippen LogP contribution in [-0.2, 0) is 0 Å². The number of nitrogens with one attached hydrogen (secondary N) is 2. The number of hydrogen-bond donors (Lipinski definition) is 4. The molecule has 1 aliphatic carbocycles. The Balaban J connectivity index is 1.29. The molecule has 1 atom stereocenters. The van der Waals surface area contributed by atoms with Gasteiger partial charge in [-0.25, -0.2) is 14.8 Å². The summed E-state index contributed by atoms with van der Waals surface area (Å²) in [5.74, 6) is 0.134. The number of carbonyl (C=O) groups is 2. The Morgan fingerprint density at radius 1 is 1.05 bits per heavy atom. The number of benzene rings is 1. The van der Waals surface area contributed by atoms with Crippen molar-refractivity contribution in [3.63, 3.8) is 0 Å². The first-order valence-corrected chi connectivity index (χ1v) is 13.5. The molecule has 1 aromatic heterocycles. The lowest BCUT2D eigenvalue weighted by Crippen LogP contribution is -2.49. The van der Waals surface area contributed by atoms with E-state index < -0.39 is 12.0 Å². The maximum absolute atomic E-state index is 12.1. The second-order valence-electron chi connectivity index (χ2n) is 10.4. The maximum Gasteiger partial charge on any atom is 0.413 e. The number of amides is 2. The van der Waals surface area contributed by atoms with Crippen molar-refractivity contribution in [3.05, 3.63) is 41.7 Å². The fourth-order valence-corrected chi connectivity index (χ4v) is 6.10. The van der Waals surface area contributed by atoms with Crippen molar-refractivity contribution in [1.82, 2.24) is 20.2 Å². The third-order valence-corrected chi connectivity index (χ3v) is 8.10. The van der Waals surface area contributed by atoms with E-state index in [0.29, 0.717) is 12.5 Å². The van der Waals surface area contributed by atoms with Gasteiger partial charge in [0.25, 0.3) is 5.91 Å². The van der Waals surface area contributed by atoms with Crippen molar-refractivity contribution in [3.8, 4) is 0 Å². The first kappa shape index (κ1) is 25.4. The van der Waals surface area contributed by atoms with Crippen molar-refractivity contribution < 1.29 is 14.7 Å². The first-order chi connectivity index (χ1) is 18.0. The summed E-state index contributed by atoms with van der Waals surface area (Å²) in [6.45, 7) is 3.72. The molecule has 10 nitrogen and oxygen atoms in total. The standard InChI is InChI=1S/C27H37N7O3/c28-25(35)24-26(32-23(17-30-24)34(27(36)37)22-6-3-13-29-16-22)31-20-9-7-18(8-10-20)19-11-14-33(15-12-19)21-4-1-2-5-21/h7-10,17,19,21-22,29H,1-6,11-16H2,(H2,28,35)(H,31,32)(H,36,37). The Kier molecular flexibility index (Phi) is 7.85. The number of likely N-dealkylation sites (tertiary alicyclic amines) is 1. The molecule has 2 amide bonds. The van der Waals surface area contributed by atoms with Crippen LogP contribution in [0.1, 0.15) is 73.3 Å². The zero-order valence-corrected chi connectivity index (χ0v) is 21.2. The van der Waals surface area contributed by atoms with Crippen LogP contribution in [0.3, 0.4) is 0 Å². The smallest absolute Gasteiger partial charge is 0.413 e. The van der Waals surface area contributed by atoms with E-state index in [9.17, 15) is 14.7 Å². The van der Waals surface area contributed by atoms with E-state index in [1.165, 1.54) is 55.2 Å². The molecular weight excluding hydrogens is 470 g/mol. The number of nitrogens with zero attached hydrogens (tertiary/aromatic N) is 4. The van der Waals surface area contributed by atoms with Gasteiger partial charge in [-0.1, -0.05) is 25.0 Å². The number of nitrogens with two attached hydrogens (primary N) is 1. The Bertz CT molecular complexity index is 1090. The minimum absolute atomic E-state index is 0.0285. The topological polar surface area (TPSA) is 137 Å². The lowest BCUT2D eigenvalue weighted by molar-refractivity contribution is 0.0996. The second-order valence-corrected chi connectivity index (χ2v) is 10.4. The van der Waals surface area contributed by atoms with Crippen LogP contribution in [0.2, 0.25) is 0 Å². The van der Waals surface area contributed by atoms with Gasteiger partial charge in [0.2, 0.25) is 0 Å². The molecule has 1 saturated carbocycles. The SMILES string of the molecule is NC(=O)c1ncc(N(C(=O)O)C2CCCNC2)nc1Nc1ccc(C2CCN(C3CCCC3)CC2)cc1. The van der Waals surface area contributed by atoms with Crippen LogP contribution in [0.25, 0.3) is 0 Å². The van der Waals surface area contributed by atoms with Crippen LogP contribution in [0.4, 0.5) is 22.1 Å². The van der Waals surface area contributed by atoms with Gasteiger partial charge in [0.15, 0.2) is 17.3 Å². The van der Waals surface area contributed by atoms with E-state index in [1.807, 2.05) is 12.1 Å². The van der Waals surface area contributed by atoms with Gasteiger partial charge in [0, 0.05) is 18.3 Å². The Morgan fingerprint density at radius 3 is 2.41 bits per heavy atom. The highest BCUT2D eigenvalue weighted by atomic mass is 16.4. The average molecular weight is 508 g/mol. The third-order valence-electron chi connectivity index (χ3n) is 8.10. The number of primary amides is 1. The Labute approximate surface area is 217 Å². The molecule has 2 aliphatic heterocycles. The van der Waals surface area contributed by atoms with Gasteiger partial charge in [-0.3, -0.25) is 9.69 Å². The van der Waals surface area contributed by atoms with Gasteiger partial charge in [-0.15, -0.1) is 0 Å². The summed E-state index contributed by atoms with van der Waals surface area (Å²) in [6.07, 6.45) is 9.58. The highest BCUT2D eigenvalue weighted by Gasteiger charge is 2.30. The number of hydrogen-bond acceptors (Lipinski definition) is 7. The van der Waals surface area contributed by atoms with Crippen LogP contribution in [-0.4, -0.2) is 70.2 Å². The van der Waals surface area contributed by atoms with Crippen molar-refractivity contribution in [2.75, 3.05) is 36.4 Å². The van der Waals surface area contributed by atoms with E-state index in [-0.39, 0.29) is 23.4 Å². The van der Waals surface area contributed by atoms with Crippen LogP contribution < -0.4 is 21.3 Å². The summed E-state index contributed by atoms with van der Waals surface area (Å²) in [5, 5.41) is 16.3. The number of rotatable bonds is 7. The molecule has 5 rings (SSSR count). The van der Waals surface area contributed by atoms with Crippen molar-refractivity contribution in [2.24, 2.45) is 5.73 Å². The predicted molar refractivity (Wildman–Crippen MR) is 142 cm³/mol. The first-order valence-electron chi connectivity index (χ1n) is 13.5. The highest BCUT2D eigenvalue weighted by molar-refractivity contribution is 5.97. The Hall–Kier alpha value is -3.24. The number of carbonyl (C=O) groups excluding carboxylic acids is 1. The fraction of sp³-hybridized carbons (Fsp3) is 0.556. The molecule has 3 aliphatic rings. The molecule has 0 spiro atoms. The van der Waals surface area contributed by atoms with Gasteiger partial charge in [0.05, 0.1) is 12.2 Å². The monoisotopic (exact) mass is 507 g/mol. The quantitative estimate of drug-likeness (QED) is 0.446. The summed E-state index contributed by atoms with van der Waals surface area (Å²) < 4.78 is 0. The number of piperidine rings is 2. The van der Waals surface area contributed by atoms with Crippen LogP contribution in [0.5, 0.6) is 0 Å². The lowest BCUT2D eigenvalue weighted by Gasteiger charge is -2.36. The molecule has 0 bridgehead atoms. The zero-order valence-electron chi connectivity index (χ0n) is 21.2. The van der Waals surface area contributed by atoms with E-state index in [1.54, 1.807) is 0 Å². The molecular formula is C27H37N7O3. The summed E-state index contributed by atoms with van der Waals surface area (Å²) >= 11 is 0. The molecule has 198 valence electrons. The number of carboxylic acid groups (broad SMARTS) is 1. The van der Waals surface area contributed by atoms with E-state index in [4.69, 9.17) is 5.73 Å². The molecule has 2 saturated heterocycles. The van der Waals surface area contributed by atoms with E-state index in [2.05, 4.69) is 37.6 Å². The van der Waals surface area contributed by atoms with Crippen molar-refractivity contribution in [2.45, 2.75) is 69.4 Å². The molecule has 0 radical (unpaired) electrons.